The number of carbonyl (C=O) groups excluding carboxylic acids is 1. The lowest BCUT2D eigenvalue weighted by Gasteiger charge is -2.05. The standard InChI is InChI=1S/C16H10N2O2/c1-9-6-7-12-11(8-9)16(20)18-13-5-3-2-4-10(13)14(19)15(18)17-12/h2-8H,1H3. The van der Waals surface area contributed by atoms with Gasteiger partial charge < -0.3 is 0 Å². The highest BCUT2D eigenvalue weighted by molar-refractivity contribution is 6.13. The molecule has 1 aliphatic rings. The Labute approximate surface area is 114 Å². The zero-order chi connectivity index (χ0) is 13.9. The molecule has 0 fully saturated rings. The first-order valence-corrected chi connectivity index (χ1v) is 6.34. The van der Waals surface area contributed by atoms with E-state index in [0.717, 1.165) is 5.56 Å². The number of hydrogen-bond donors (Lipinski definition) is 0. The van der Waals surface area contributed by atoms with Crippen molar-refractivity contribution in [3.05, 3.63) is 69.8 Å². The summed E-state index contributed by atoms with van der Waals surface area (Å²) in [6, 6.07) is 12.6. The number of fused-ring (bicyclic) bond motifs is 4. The van der Waals surface area contributed by atoms with E-state index in [0.29, 0.717) is 22.2 Å². The summed E-state index contributed by atoms with van der Waals surface area (Å²) >= 11 is 0. The number of benzene rings is 2. The molecule has 4 nitrogen and oxygen atoms in total. The van der Waals surface area contributed by atoms with Crippen LogP contribution in [-0.4, -0.2) is 15.3 Å². The molecule has 0 unspecified atom stereocenters. The first-order valence-electron chi connectivity index (χ1n) is 6.34. The molecule has 0 radical (unpaired) electrons. The Hall–Kier alpha value is -2.75. The zero-order valence-electron chi connectivity index (χ0n) is 10.8. The van der Waals surface area contributed by atoms with Crippen molar-refractivity contribution < 1.29 is 4.79 Å². The van der Waals surface area contributed by atoms with Crippen molar-refractivity contribution >= 4 is 16.7 Å². The molecule has 0 spiro atoms. The molecule has 0 bridgehead atoms. The number of rotatable bonds is 0. The molecular weight excluding hydrogens is 252 g/mol. The van der Waals surface area contributed by atoms with E-state index >= 15 is 0 Å². The maximum atomic E-state index is 12.7. The summed E-state index contributed by atoms with van der Waals surface area (Å²) in [5, 5.41) is 0.540. The van der Waals surface area contributed by atoms with Gasteiger partial charge in [0, 0.05) is 0 Å². The highest BCUT2D eigenvalue weighted by Gasteiger charge is 2.29. The van der Waals surface area contributed by atoms with E-state index in [-0.39, 0.29) is 17.2 Å². The van der Waals surface area contributed by atoms with Gasteiger partial charge in [0.15, 0.2) is 5.82 Å². The summed E-state index contributed by atoms with van der Waals surface area (Å²) in [5.41, 5.74) is 2.52. The third-order valence-corrected chi connectivity index (χ3v) is 3.62. The van der Waals surface area contributed by atoms with Gasteiger partial charge in [0.1, 0.15) is 0 Å². The summed E-state index contributed by atoms with van der Waals surface area (Å²) < 4.78 is 1.42. The van der Waals surface area contributed by atoms with Crippen molar-refractivity contribution in [1.82, 2.24) is 9.55 Å². The summed E-state index contributed by atoms with van der Waals surface area (Å²) in [6.07, 6.45) is 0. The first kappa shape index (κ1) is 11.1. The molecule has 96 valence electrons. The van der Waals surface area contributed by atoms with Crippen LogP contribution in [0.1, 0.15) is 21.7 Å². The minimum atomic E-state index is -0.194. The van der Waals surface area contributed by atoms with Crippen molar-refractivity contribution in [1.29, 1.82) is 0 Å². The summed E-state index contributed by atoms with van der Waals surface area (Å²) in [4.78, 5) is 29.3. The van der Waals surface area contributed by atoms with Crippen molar-refractivity contribution in [2.75, 3.05) is 0 Å². The van der Waals surface area contributed by atoms with E-state index in [4.69, 9.17) is 0 Å². The van der Waals surface area contributed by atoms with Crippen LogP contribution in [0.25, 0.3) is 16.6 Å². The Balaban J connectivity index is 2.21. The fourth-order valence-electron chi connectivity index (χ4n) is 2.66. The van der Waals surface area contributed by atoms with Crippen LogP contribution < -0.4 is 5.56 Å². The van der Waals surface area contributed by atoms with Crippen LogP contribution in [0.3, 0.4) is 0 Å². The van der Waals surface area contributed by atoms with E-state index in [1.54, 1.807) is 24.3 Å². The van der Waals surface area contributed by atoms with Crippen LogP contribution in [-0.2, 0) is 0 Å². The van der Waals surface area contributed by atoms with Crippen LogP contribution in [0.4, 0.5) is 0 Å². The summed E-state index contributed by atoms with van der Waals surface area (Å²) in [7, 11) is 0. The molecule has 4 heteroatoms. The van der Waals surface area contributed by atoms with Crippen LogP contribution in [0, 0.1) is 6.92 Å². The number of aromatic nitrogens is 2. The normalized spacial score (nSPS) is 12.6. The molecule has 0 saturated heterocycles. The van der Waals surface area contributed by atoms with Gasteiger partial charge in [0.25, 0.3) is 5.56 Å². The highest BCUT2D eigenvalue weighted by atomic mass is 16.1. The smallest absolute Gasteiger partial charge is 0.266 e. The van der Waals surface area contributed by atoms with E-state index in [2.05, 4.69) is 4.98 Å². The number of aryl methyl sites for hydroxylation is 1. The van der Waals surface area contributed by atoms with Crippen LogP contribution in [0.5, 0.6) is 0 Å². The van der Waals surface area contributed by atoms with Gasteiger partial charge in [-0.25, -0.2) is 4.98 Å². The van der Waals surface area contributed by atoms with Crippen molar-refractivity contribution in [3.8, 4) is 5.69 Å². The molecular formula is C16H10N2O2. The second kappa shape index (κ2) is 3.63. The van der Waals surface area contributed by atoms with Crippen molar-refractivity contribution in [2.24, 2.45) is 0 Å². The third-order valence-electron chi connectivity index (χ3n) is 3.62. The minimum Gasteiger partial charge on any atom is -0.285 e. The maximum Gasteiger partial charge on any atom is 0.266 e. The molecule has 20 heavy (non-hydrogen) atoms. The SMILES string of the molecule is Cc1ccc2nc3n(c(=O)c2c1)-c1ccccc1C3=O. The van der Waals surface area contributed by atoms with Crippen molar-refractivity contribution in [2.45, 2.75) is 6.92 Å². The van der Waals surface area contributed by atoms with Gasteiger partial charge in [-0.2, -0.15) is 0 Å². The maximum absolute atomic E-state index is 12.7. The molecule has 2 heterocycles. The Morgan fingerprint density at radius 2 is 1.85 bits per heavy atom. The number of carbonyl (C=O) groups is 1. The Bertz CT molecular complexity index is 954. The lowest BCUT2D eigenvalue weighted by atomic mass is 10.1. The predicted molar refractivity (Wildman–Crippen MR) is 75.5 cm³/mol. The molecule has 0 atom stereocenters. The van der Waals surface area contributed by atoms with E-state index in [9.17, 15) is 9.59 Å². The van der Waals surface area contributed by atoms with Gasteiger partial charge in [-0.15, -0.1) is 0 Å². The zero-order valence-corrected chi connectivity index (χ0v) is 10.8. The molecule has 0 saturated carbocycles. The number of hydrogen-bond acceptors (Lipinski definition) is 3. The topological polar surface area (TPSA) is 52.0 Å². The lowest BCUT2D eigenvalue weighted by molar-refractivity contribution is 0.103. The molecule has 4 rings (SSSR count). The Morgan fingerprint density at radius 1 is 1.05 bits per heavy atom. The third kappa shape index (κ3) is 1.28. The van der Waals surface area contributed by atoms with E-state index in [1.807, 2.05) is 25.1 Å². The fraction of sp³-hybridized carbons (Fsp3) is 0.0625. The molecule has 2 aromatic carbocycles. The summed E-state index contributed by atoms with van der Waals surface area (Å²) in [5.74, 6) is 0.00716. The molecule has 1 aromatic heterocycles. The fourth-order valence-corrected chi connectivity index (χ4v) is 2.66. The largest absolute Gasteiger partial charge is 0.285 e. The quantitative estimate of drug-likeness (QED) is 0.488. The van der Waals surface area contributed by atoms with E-state index in [1.165, 1.54) is 4.57 Å². The van der Waals surface area contributed by atoms with Crippen LogP contribution in [0.2, 0.25) is 0 Å². The van der Waals surface area contributed by atoms with Crippen LogP contribution >= 0.6 is 0 Å². The molecule has 0 N–H and O–H groups in total. The van der Waals surface area contributed by atoms with Gasteiger partial charge in [-0.3, -0.25) is 14.2 Å². The second-order valence-electron chi connectivity index (χ2n) is 4.94. The number of nitrogens with zero attached hydrogens (tertiary/aromatic N) is 2. The number of para-hydroxylation sites is 1. The van der Waals surface area contributed by atoms with Crippen molar-refractivity contribution in [3.63, 3.8) is 0 Å². The van der Waals surface area contributed by atoms with Gasteiger partial charge in [0.2, 0.25) is 5.78 Å². The Kier molecular flexibility index (Phi) is 2.02. The molecule has 0 amide bonds. The molecule has 0 aliphatic carbocycles. The van der Waals surface area contributed by atoms with Gasteiger partial charge >= 0.3 is 0 Å². The monoisotopic (exact) mass is 262 g/mol. The van der Waals surface area contributed by atoms with E-state index < -0.39 is 0 Å². The van der Waals surface area contributed by atoms with Gasteiger partial charge in [-0.05, 0) is 31.2 Å². The second-order valence-corrected chi connectivity index (χ2v) is 4.94. The Morgan fingerprint density at radius 3 is 2.70 bits per heavy atom. The first-order chi connectivity index (χ1) is 9.66. The molecule has 3 aromatic rings. The van der Waals surface area contributed by atoms with Crippen LogP contribution in [0.15, 0.2) is 47.3 Å². The summed E-state index contributed by atoms with van der Waals surface area (Å²) in [6.45, 7) is 1.93. The molecule has 1 aliphatic heterocycles. The predicted octanol–water partition coefficient (Wildman–Crippen LogP) is 2.24. The highest BCUT2D eigenvalue weighted by Crippen LogP contribution is 2.25. The lowest BCUT2D eigenvalue weighted by Crippen LogP contribution is -2.21. The average Bonchev–Trinajstić information content (AvgIpc) is 2.74. The average molecular weight is 262 g/mol. The van der Waals surface area contributed by atoms with Gasteiger partial charge in [-0.1, -0.05) is 23.8 Å². The number of ketones is 1. The van der Waals surface area contributed by atoms with Gasteiger partial charge in [0.05, 0.1) is 22.2 Å². The minimum absolute atomic E-state index is 0.188.